The molecule has 0 fully saturated rings. The number of hydrogen-bond acceptors (Lipinski definition) is 6. The van der Waals surface area contributed by atoms with Crippen molar-refractivity contribution in [2.24, 2.45) is 0 Å². The summed E-state index contributed by atoms with van der Waals surface area (Å²) >= 11 is 0. The second-order valence-corrected chi connectivity index (χ2v) is 4.84. The second-order valence-electron chi connectivity index (χ2n) is 4.84. The fourth-order valence-corrected chi connectivity index (χ4v) is 1.55. The maximum absolute atomic E-state index is 5.66. The number of likely N-dealkylation sites (N-methyl/N-ethyl adjacent to an activating group) is 1. The van der Waals surface area contributed by atoms with Crippen molar-refractivity contribution < 1.29 is 0 Å². The van der Waals surface area contributed by atoms with Crippen LogP contribution in [0.4, 0.5) is 11.9 Å². The van der Waals surface area contributed by atoms with E-state index in [4.69, 9.17) is 5.73 Å². The Morgan fingerprint density at radius 3 is 2.35 bits per heavy atom. The number of rotatable bonds is 5. The van der Waals surface area contributed by atoms with Crippen LogP contribution in [0.25, 0.3) is 0 Å². The summed E-state index contributed by atoms with van der Waals surface area (Å²) in [5.74, 6) is 1.78. The van der Waals surface area contributed by atoms with E-state index in [-0.39, 0.29) is 17.9 Å². The molecular formula is C11H22N6. The van der Waals surface area contributed by atoms with Gasteiger partial charge in [0.25, 0.3) is 0 Å². The highest BCUT2D eigenvalue weighted by Gasteiger charge is 2.10. The van der Waals surface area contributed by atoms with E-state index in [0.29, 0.717) is 5.95 Å². The van der Waals surface area contributed by atoms with Crippen molar-refractivity contribution in [2.45, 2.75) is 32.7 Å². The molecule has 1 unspecified atom stereocenters. The van der Waals surface area contributed by atoms with Gasteiger partial charge in [-0.2, -0.15) is 15.0 Å². The van der Waals surface area contributed by atoms with Crippen LogP contribution in [0.2, 0.25) is 0 Å². The summed E-state index contributed by atoms with van der Waals surface area (Å²) < 4.78 is 0. The molecule has 0 bridgehead atoms. The van der Waals surface area contributed by atoms with Crippen LogP contribution in [0.3, 0.4) is 0 Å². The van der Waals surface area contributed by atoms with Crippen LogP contribution in [0, 0.1) is 0 Å². The van der Waals surface area contributed by atoms with Crippen LogP contribution in [0.15, 0.2) is 0 Å². The number of nitrogen functional groups attached to an aromatic ring is 1. The summed E-state index contributed by atoms with van der Waals surface area (Å²) in [7, 11) is 4.05. The number of aromatic nitrogens is 3. The highest BCUT2D eigenvalue weighted by Crippen LogP contribution is 2.12. The molecule has 96 valence electrons. The molecule has 0 saturated carbocycles. The van der Waals surface area contributed by atoms with Crippen molar-refractivity contribution >= 4 is 11.9 Å². The van der Waals surface area contributed by atoms with E-state index < -0.39 is 0 Å². The SMILES string of the molecule is CC(CN(C)C)Nc1nc(N)nc(C(C)C)n1. The van der Waals surface area contributed by atoms with E-state index in [2.05, 4.69) is 32.1 Å². The van der Waals surface area contributed by atoms with Gasteiger partial charge in [-0.1, -0.05) is 13.8 Å². The van der Waals surface area contributed by atoms with Crippen molar-refractivity contribution in [3.63, 3.8) is 0 Å². The summed E-state index contributed by atoms with van der Waals surface area (Å²) in [6, 6.07) is 0.256. The molecule has 1 atom stereocenters. The molecule has 6 heteroatoms. The predicted molar refractivity (Wildman–Crippen MR) is 70.0 cm³/mol. The average Bonchev–Trinajstić information content (AvgIpc) is 2.14. The van der Waals surface area contributed by atoms with Gasteiger partial charge in [0.1, 0.15) is 5.82 Å². The van der Waals surface area contributed by atoms with Crippen molar-refractivity contribution in [3.8, 4) is 0 Å². The van der Waals surface area contributed by atoms with Crippen LogP contribution in [0.1, 0.15) is 32.5 Å². The molecule has 0 aliphatic rings. The quantitative estimate of drug-likeness (QED) is 0.794. The summed E-state index contributed by atoms with van der Waals surface area (Å²) in [4.78, 5) is 14.6. The average molecular weight is 238 g/mol. The highest BCUT2D eigenvalue weighted by atomic mass is 15.2. The predicted octanol–water partition coefficient (Wildman–Crippen LogP) is 0.939. The van der Waals surface area contributed by atoms with Gasteiger partial charge in [0.15, 0.2) is 0 Å². The monoisotopic (exact) mass is 238 g/mol. The van der Waals surface area contributed by atoms with Crippen LogP contribution >= 0.6 is 0 Å². The van der Waals surface area contributed by atoms with Gasteiger partial charge in [0.05, 0.1) is 0 Å². The third-order valence-electron chi connectivity index (χ3n) is 2.20. The Hall–Kier alpha value is -1.43. The molecule has 0 saturated heterocycles. The molecule has 0 radical (unpaired) electrons. The third-order valence-corrected chi connectivity index (χ3v) is 2.20. The summed E-state index contributed by atoms with van der Waals surface area (Å²) in [5.41, 5.74) is 5.66. The van der Waals surface area contributed by atoms with Crippen LogP contribution < -0.4 is 11.1 Å². The summed E-state index contributed by atoms with van der Waals surface area (Å²) in [6.07, 6.45) is 0. The van der Waals surface area contributed by atoms with Gasteiger partial charge in [0.2, 0.25) is 11.9 Å². The molecule has 0 amide bonds. The van der Waals surface area contributed by atoms with E-state index >= 15 is 0 Å². The fraction of sp³-hybridized carbons (Fsp3) is 0.727. The minimum atomic E-state index is 0.241. The Balaban J connectivity index is 2.77. The largest absolute Gasteiger partial charge is 0.368 e. The Morgan fingerprint density at radius 1 is 1.18 bits per heavy atom. The van der Waals surface area contributed by atoms with Crippen LogP contribution in [-0.2, 0) is 0 Å². The van der Waals surface area contributed by atoms with Crippen molar-refractivity contribution in [1.82, 2.24) is 19.9 Å². The Kier molecular flexibility index (Phi) is 4.62. The first-order valence-electron chi connectivity index (χ1n) is 5.81. The molecular weight excluding hydrogens is 216 g/mol. The Morgan fingerprint density at radius 2 is 1.82 bits per heavy atom. The lowest BCUT2D eigenvalue weighted by molar-refractivity contribution is 0.391. The van der Waals surface area contributed by atoms with Crippen LogP contribution in [-0.4, -0.2) is 46.5 Å². The van der Waals surface area contributed by atoms with Gasteiger partial charge in [-0.25, -0.2) is 0 Å². The van der Waals surface area contributed by atoms with E-state index in [1.54, 1.807) is 0 Å². The van der Waals surface area contributed by atoms with Gasteiger partial charge in [-0.05, 0) is 21.0 Å². The Bertz CT molecular complexity index is 363. The smallest absolute Gasteiger partial charge is 0.228 e. The first-order valence-corrected chi connectivity index (χ1v) is 5.81. The summed E-state index contributed by atoms with van der Waals surface area (Å²) in [5, 5.41) is 3.23. The standard InChI is InChI=1S/C11H22N6/c1-7(2)9-14-10(12)16-11(15-9)13-8(3)6-17(4)5/h7-8H,6H2,1-5H3,(H3,12,13,14,15,16). The first kappa shape index (κ1) is 13.6. The van der Waals surface area contributed by atoms with Gasteiger partial charge < -0.3 is 16.0 Å². The molecule has 17 heavy (non-hydrogen) atoms. The van der Waals surface area contributed by atoms with Gasteiger partial charge in [-0.3, -0.25) is 0 Å². The zero-order chi connectivity index (χ0) is 13.0. The third kappa shape index (κ3) is 4.52. The van der Waals surface area contributed by atoms with E-state index in [1.807, 2.05) is 27.9 Å². The zero-order valence-corrected chi connectivity index (χ0v) is 11.2. The maximum atomic E-state index is 5.66. The molecule has 0 aliphatic carbocycles. The van der Waals surface area contributed by atoms with Gasteiger partial charge in [-0.15, -0.1) is 0 Å². The second kappa shape index (κ2) is 5.77. The zero-order valence-electron chi connectivity index (χ0n) is 11.2. The topological polar surface area (TPSA) is 80.0 Å². The van der Waals surface area contributed by atoms with Crippen LogP contribution in [0.5, 0.6) is 0 Å². The highest BCUT2D eigenvalue weighted by molar-refractivity contribution is 5.32. The number of hydrogen-bond donors (Lipinski definition) is 2. The molecule has 0 aliphatic heterocycles. The lowest BCUT2D eigenvalue weighted by Gasteiger charge is -2.18. The van der Waals surface area contributed by atoms with Gasteiger partial charge >= 0.3 is 0 Å². The number of nitrogens with two attached hydrogens (primary N) is 1. The minimum absolute atomic E-state index is 0.241. The lowest BCUT2D eigenvalue weighted by Crippen LogP contribution is -2.30. The Labute approximate surface area is 103 Å². The maximum Gasteiger partial charge on any atom is 0.228 e. The van der Waals surface area contributed by atoms with E-state index in [9.17, 15) is 0 Å². The minimum Gasteiger partial charge on any atom is -0.368 e. The van der Waals surface area contributed by atoms with Gasteiger partial charge in [0, 0.05) is 18.5 Å². The van der Waals surface area contributed by atoms with E-state index in [1.165, 1.54) is 0 Å². The molecule has 1 heterocycles. The van der Waals surface area contributed by atoms with Crippen molar-refractivity contribution in [1.29, 1.82) is 0 Å². The molecule has 3 N–H and O–H groups in total. The molecule has 1 aromatic rings. The van der Waals surface area contributed by atoms with Crippen molar-refractivity contribution in [3.05, 3.63) is 5.82 Å². The van der Waals surface area contributed by atoms with E-state index in [0.717, 1.165) is 12.4 Å². The lowest BCUT2D eigenvalue weighted by atomic mass is 10.2. The number of anilines is 2. The summed E-state index contributed by atoms with van der Waals surface area (Å²) in [6.45, 7) is 7.04. The molecule has 1 rings (SSSR count). The molecule has 0 spiro atoms. The number of nitrogens with zero attached hydrogens (tertiary/aromatic N) is 4. The normalized spacial score (nSPS) is 13.1. The molecule has 1 aromatic heterocycles. The fourth-order valence-electron chi connectivity index (χ4n) is 1.55. The first-order chi connectivity index (χ1) is 7.88. The molecule has 0 aromatic carbocycles. The molecule has 6 nitrogen and oxygen atoms in total. The van der Waals surface area contributed by atoms with Crippen molar-refractivity contribution in [2.75, 3.05) is 31.7 Å². The number of nitrogens with one attached hydrogen (secondary N) is 1.